The Morgan fingerprint density at radius 3 is 1.04 bits per heavy atom. The second kappa shape index (κ2) is 42.1. The molecule has 0 aliphatic carbocycles. The van der Waals surface area contributed by atoms with Crippen LogP contribution < -0.4 is 15.4 Å². The quantitative estimate of drug-likeness (QED) is 0.0646. The van der Waals surface area contributed by atoms with Crippen molar-refractivity contribution in [3.8, 4) is 5.75 Å². The lowest BCUT2D eigenvalue weighted by Gasteiger charge is -2.14. The Labute approximate surface area is 355 Å². The van der Waals surface area contributed by atoms with Gasteiger partial charge in [0.15, 0.2) is 0 Å². The van der Waals surface area contributed by atoms with Gasteiger partial charge in [-0.15, -0.1) is 0 Å². The molecule has 0 atom stereocenters. The van der Waals surface area contributed by atoms with Crippen molar-refractivity contribution in [2.75, 3.05) is 19.7 Å². The van der Waals surface area contributed by atoms with Gasteiger partial charge < -0.3 is 15.4 Å². The molecule has 0 aromatic heterocycles. The number of rotatable bonds is 44. The minimum atomic E-state index is -0.0999. The van der Waals surface area contributed by atoms with Crippen molar-refractivity contribution in [3.05, 3.63) is 29.3 Å². The van der Waals surface area contributed by atoms with Crippen molar-refractivity contribution in [2.45, 2.75) is 265 Å². The predicted molar refractivity (Wildman–Crippen MR) is 249 cm³/mol. The molecule has 1 rings (SSSR count). The van der Waals surface area contributed by atoms with Gasteiger partial charge in [-0.2, -0.15) is 0 Å². The Morgan fingerprint density at radius 2 is 0.684 bits per heavy atom. The monoisotopic (exact) mass is 797 g/mol. The van der Waals surface area contributed by atoms with Crippen LogP contribution in [0.2, 0.25) is 0 Å². The van der Waals surface area contributed by atoms with Crippen molar-refractivity contribution < 1.29 is 14.3 Å². The number of nitrogens with one attached hydrogen (secondary N) is 2. The molecule has 0 aliphatic heterocycles. The largest absolute Gasteiger partial charge is 0.493 e. The lowest BCUT2D eigenvalue weighted by Crippen LogP contribution is -2.26. The molecule has 0 bridgehead atoms. The van der Waals surface area contributed by atoms with E-state index >= 15 is 0 Å². The van der Waals surface area contributed by atoms with Crippen LogP contribution in [0.3, 0.4) is 0 Å². The summed E-state index contributed by atoms with van der Waals surface area (Å²) < 4.78 is 6.24. The normalized spacial score (nSPS) is 11.3. The number of carbonyl (C=O) groups is 2. The molecule has 2 N–H and O–H groups in total. The number of carbonyl (C=O) groups excluding carboxylic acids is 2. The van der Waals surface area contributed by atoms with Crippen LogP contribution >= 0.6 is 0 Å². The minimum Gasteiger partial charge on any atom is -0.493 e. The summed E-state index contributed by atoms with van der Waals surface area (Å²) >= 11 is 0. The summed E-state index contributed by atoms with van der Waals surface area (Å²) in [7, 11) is 0. The summed E-state index contributed by atoms with van der Waals surface area (Å²) in [6.45, 7) is 8.77. The van der Waals surface area contributed by atoms with Crippen LogP contribution in [0, 0.1) is 0 Å². The highest BCUT2D eigenvalue weighted by atomic mass is 16.5. The summed E-state index contributed by atoms with van der Waals surface area (Å²) in [6.07, 6.45) is 49.8. The Kier molecular flexibility index (Phi) is 39.1. The fraction of sp³-hybridized carbons (Fsp3) is 0.846. The first-order valence-corrected chi connectivity index (χ1v) is 25.5. The van der Waals surface area contributed by atoms with E-state index in [-0.39, 0.29) is 11.8 Å². The first-order chi connectivity index (χ1) is 28.1. The number of ether oxygens (including phenoxy) is 1. The van der Waals surface area contributed by atoms with E-state index in [1.165, 1.54) is 205 Å². The molecule has 5 heteroatoms. The predicted octanol–water partition coefficient (Wildman–Crippen LogP) is 16.4. The van der Waals surface area contributed by atoms with Gasteiger partial charge in [0, 0.05) is 18.7 Å². The highest BCUT2D eigenvalue weighted by Crippen LogP contribution is 2.22. The summed E-state index contributed by atoms with van der Waals surface area (Å²) in [5.41, 5.74) is 1.11. The number of amides is 2. The Hall–Kier alpha value is -2.04. The Bertz CT molecular complexity index is 1030. The third-order valence-electron chi connectivity index (χ3n) is 11.9. The second-order valence-corrected chi connectivity index (χ2v) is 17.4. The molecule has 0 radical (unpaired) electrons. The van der Waals surface area contributed by atoms with Gasteiger partial charge in [-0.05, 0) is 37.5 Å². The molecule has 0 fully saturated rings. The van der Waals surface area contributed by atoms with E-state index in [0.717, 1.165) is 38.5 Å². The molecule has 0 spiro atoms. The molecule has 332 valence electrons. The van der Waals surface area contributed by atoms with E-state index in [9.17, 15) is 9.59 Å². The molecule has 0 saturated carbocycles. The summed E-state index contributed by atoms with van der Waals surface area (Å²) in [5, 5.41) is 6.26. The SMILES string of the molecule is CCCCCCCCCCCCCCCCNC(=O)c1ccc(C(=O)NCCCCCCCCCCCCCCCC)c(OCCCCCCCCCCCC)c1. The van der Waals surface area contributed by atoms with E-state index < -0.39 is 0 Å². The molecule has 2 amide bonds. The van der Waals surface area contributed by atoms with Crippen molar-refractivity contribution in [1.82, 2.24) is 10.6 Å². The van der Waals surface area contributed by atoms with Crippen molar-refractivity contribution >= 4 is 11.8 Å². The number of hydrogen-bond acceptors (Lipinski definition) is 3. The van der Waals surface area contributed by atoms with Gasteiger partial charge in [0.2, 0.25) is 0 Å². The zero-order chi connectivity index (χ0) is 41.1. The Balaban J connectivity index is 2.39. The Morgan fingerprint density at radius 1 is 0.386 bits per heavy atom. The lowest BCUT2D eigenvalue weighted by molar-refractivity contribution is 0.0937. The van der Waals surface area contributed by atoms with Crippen molar-refractivity contribution in [2.24, 2.45) is 0 Å². The lowest BCUT2D eigenvalue weighted by atomic mass is 10.0. The highest BCUT2D eigenvalue weighted by Gasteiger charge is 2.16. The molecule has 5 nitrogen and oxygen atoms in total. The van der Waals surface area contributed by atoms with Gasteiger partial charge in [-0.3, -0.25) is 9.59 Å². The third kappa shape index (κ3) is 33.5. The van der Waals surface area contributed by atoms with Gasteiger partial charge in [-0.25, -0.2) is 0 Å². The first kappa shape index (κ1) is 53.0. The van der Waals surface area contributed by atoms with Crippen LogP contribution in [-0.2, 0) is 0 Å². The molecule has 0 unspecified atom stereocenters. The fourth-order valence-electron chi connectivity index (χ4n) is 7.98. The highest BCUT2D eigenvalue weighted by molar-refractivity contribution is 6.00. The van der Waals surface area contributed by atoms with Crippen LogP contribution in [-0.4, -0.2) is 31.5 Å². The number of hydrogen-bond donors (Lipinski definition) is 2. The molecule has 0 heterocycles. The molecular weight excluding hydrogens is 701 g/mol. The van der Waals surface area contributed by atoms with Gasteiger partial charge >= 0.3 is 0 Å². The smallest absolute Gasteiger partial charge is 0.255 e. The molecule has 1 aromatic carbocycles. The third-order valence-corrected chi connectivity index (χ3v) is 11.9. The van der Waals surface area contributed by atoms with Crippen LogP contribution in [0.25, 0.3) is 0 Å². The topological polar surface area (TPSA) is 67.4 Å². The van der Waals surface area contributed by atoms with Crippen molar-refractivity contribution in [1.29, 1.82) is 0 Å². The summed E-state index contributed by atoms with van der Waals surface area (Å²) in [4.78, 5) is 26.5. The van der Waals surface area contributed by atoms with Crippen LogP contribution in [0.15, 0.2) is 18.2 Å². The van der Waals surface area contributed by atoms with E-state index in [4.69, 9.17) is 4.74 Å². The van der Waals surface area contributed by atoms with Crippen LogP contribution in [0.1, 0.15) is 285 Å². The molecular formula is C52H96N2O3. The van der Waals surface area contributed by atoms with Crippen LogP contribution in [0.4, 0.5) is 0 Å². The molecule has 0 saturated heterocycles. The molecule has 57 heavy (non-hydrogen) atoms. The summed E-state index contributed by atoms with van der Waals surface area (Å²) in [6, 6.07) is 5.36. The zero-order valence-corrected chi connectivity index (χ0v) is 38.4. The maximum atomic E-state index is 13.3. The number of unbranched alkanes of at least 4 members (excludes halogenated alkanes) is 35. The zero-order valence-electron chi connectivity index (χ0n) is 38.4. The maximum Gasteiger partial charge on any atom is 0.255 e. The van der Waals surface area contributed by atoms with E-state index in [1.54, 1.807) is 18.2 Å². The molecule has 1 aromatic rings. The standard InChI is InChI=1S/C52H96N2O3/c1-4-7-10-13-16-19-22-24-26-28-30-33-36-39-44-53-51(55)48-42-43-49(50(47-48)57-46-41-38-35-32-21-18-15-12-9-6-3)52(56)54-45-40-37-34-31-29-27-25-23-20-17-14-11-8-5-2/h42-43,47H,4-41,44-46H2,1-3H3,(H,53,55)(H,54,56). The van der Waals surface area contributed by atoms with E-state index in [2.05, 4.69) is 31.4 Å². The van der Waals surface area contributed by atoms with E-state index in [0.29, 0.717) is 36.6 Å². The van der Waals surface area contributed by atoms with Gasteiger partial charge in [0.05, 0.1) is 12.2 Å². The fourth-order valence-corrected chi connectivity index (χ4v) is 7.98. The van der Waals surface area contributed by atoms with Gasteiger partial charge in [0.1, 0.15) is 5.75 Å². The maximum absolute atomic E-state index is 13.3. The first-order valence-electron chi connectivity index (χ1n) is 25.5. The van der Waals surface area contributed by atoms with Crippen molar-refractivity contribution in [3.63, 3.8) is 0 Å². The van der Waals surface area contributed by atoms with Gasteiger partial charge in [0.25, 0.3) is 11.8 Å². The summed E-state index contributed by atoms with van der Waals surface area (Å²) in [5.74, 6) is 0.355. The average Bonchev–Trinajstić information content (AvgIpc) is 3.22. The number of benzene rings is 1. The minimum absolute atomic E-state index is 0.0807. The van der Waals surface area contributed by atoms with Crippen LogP contribution in [0.5, 0.6) is 5.75 Å². The molecule has 0 aliphatic rings. The van der Waals surface area contributed by atoms with Gasteiger partial charge in [-0.1, -0.05) is 245 Å². The average molecular weight is 797 g/mol. The van der Waals surface area contributed by atoms with E-state index in [1.807, 2.05) is 0 Å². The second-order valence-electron chi connectivity index (χ2n) is 17.4.